The number of carboxylic acids is 1. The highest BCUT2D eigenvalue weighted by molar-refractivity contribution is 5.84. The summed E-state index contributed by atoms with van der Waals surface area (Å²) in [7, 11) is 0. The maximum Gasteiger partial charge on any atom is 0.320 e. The van der Waals surface area contributed by atoms with Gasteiger partial charge in [-0.1, -0.05) is 18.2 Å². The van der Waals surface area contributed by atoms with E-state index in [9.17, 15) is 4.79 Å². The fourth-order valence-electron chi connectivity index (χ4n) is 1.62. The Morgan fingerprint density at radius 3 is 2.93 bits per heavy atom. The third-order valence-electron chi connectivity index (χ3n) is 2.43. The Bertz CT molecular complexity index is 490. The van der Waals surface area contributed by atoms with Crippen molar-refractivity contribution in [2.75, 3.05) is 0 Å². The third-order valence-corrected chi connectivity index (χ3v) is 2.43. The second-order valence-electron chi connectivity index (χ2n) is 3.51. The minimum absolute atomic E-state index is 0.347. The molecular weight excluding hydrogens is 194 g/mol. The summed E-state index contributed by atoms with van der Waals surface area (Å²) in [5, 5.41) is 9.75. The summed E-state index contributed by atoms with van der Waals surface area (Å²) in [6, 6.07) is 6.91. The van der Waals surface area contributed by atoms with Gasteiger partial charge in [-0.25, -0.2) is 0 Å². The van der Waals surface area contributed by atoms with E-state index in [1.165, 1.54) is 0 Å². The molecule has 0 radical (unpaired) electrons. The highest BCUT2D eigenvalue weighted by Crippen LogP contribution is 2.18. The molecule has 1 heterocycles. The lowest BCUT2D eigenvalue weighted by atomic mass is 10.1. The van der Waals surface area contributed by atoms with E-state index in [1.54, 1.807) is 0 Å². The molecule has 1 aromatic carbocycles. The predicted octanol–water partition coefficient (Wildman–Crippen LogP) is 1.12. The van der Waals surface area contributed by atoms with E-state index < -0.39 is 12.0 Å². The van der Waals surface area contributed by atoms with E-state index >= 15 is 0 Å². The number of aromatic amines is 1. The summed E-state index contributed by atoms with van der Waals surface area (Å²) in [5.41, 5.74) is 7.43. The largest absolute Gasteiger partial charge is 0.480 e. The first-order valence-corrected chi connectivity index (χ1v) is 4.72. The van der Waals surface area contributed by atoms with Gasteiger partial charge in [0.1, 0.15) is 6.04 Å². The van der Waals surface area contributed by atoms with Crippen molar-refractivity contribution in [3.63, 3.8) is 0 Å². The van der Waals surface area contributed by atoms with Gasteiger partial charge in [0.25, 0.3) is 0 Å². The van der Waals surface area contributed by atoms with Gasteiger partial charge in [-0.05, 0) is 11.6 Å². The number of para-hydroxylation sites is 1. The van der Waals surface area contributed by atoms with Crippen molar-refractivity contribution in [1.82, 2.24) is 4.98 Å². The number of nitrogens with one attached hydrogen (secondary N) is 1. The number of fused-ring (bicyclic) bond motifs is 1. The lowest BCUT2D eigenvalue weighted by molar-refractivity contribution is -0.138. The fourth-order valence-corrected chi connectivity index (χ4v) is 1.62. The van der Waals surface area contributed by atoms with Crippen molar-refractivity contribution in [3.05, 3.63) is 36.0 Å². The number of carbonyl (C=O) groups is 1. The van der Waals surface area contributed by atoms with Gasteiger partial charge in [-0.15, -0.1) is 0 Å². The Morgan fingerprint density at radius 1 is 1.47 bits per heavy atom. The van der Waals surface area contributed by atoms with E-state index in [1.807, 2.05) is 30.5 Å². The van der Waals surface area contributed by atoms with Crippen LogP contribution in [-0.4, -0.2) is 22.1 Å². The zero-order valence-corrected chi connectivity index (χ0v) is 8.10. The normalized spacial score (nSPS) is 12.9. The predicted molar refractivity (Wildman–Crippen MR) is 57.6 cm³/mol. The molecule has 4 nitrogen and oxygen atoms in total. The molecule has 0 amide bonds. The number of rotatable bonds is 3. The van der Waals surface area contributed by atoms with Gasteiger partial charge >= 0.3 is 5.97 Å². The highest BCUT2D eigenvalue weighted by Gasteiger charge is 2.14. The number of H-pyrrole nitrogens is 1. The first-order valence-electron chi connectivity index (χ1n) is 4.72. The number of aliphatic carboxylic acids is 1. The number of carboxylic acid groups (broad SMARTS) is 1. The Kier molecular flexibility index (Phi) is 2.43. The van der Waals surface area contributed by atoms with E-state index in [0.717, 1.165) is 16.5 Å². The molecule has 0 aliphatic rings. The fraction of sp³-hybridized carbons (Fsp3) is 0.182. The molecule has 4 heteroatoms. The van der Waals surface area contributed by atoms with Crippen LogP contribution in [0.15, 0.2) is 30.5 Å². The zero-order valence-electron chi connectivity index (χ0n) is 8.10. The highest BCUT2D eigenvalue weighted by atomic mass is 16.4. The van der Waals surface area contributed by atoms with Gasteiger partial charge in [0.2, 0.25) is 0 Å². The van der Waals surface area contributed by atoms with Gasteiger partial charge in [0, 0.05) is 23.5 Å². The molecule has 0 spiro atoms. The van der Waals surface area contributed by atoms with Crippen LogP contribution in [0, 0.1) is 0 Å². The molecule has 1 atom stereocenters. The Hall–Kier alpha value is -1.81. The molecule has 0 fully saturated rings. The number of nitrogens with two attached hydrogens (primary N) is 1. The maximum absolute atomic E-state index is 10.6. The molecule has 1 unspecified atom stereocenters. The molecule has 0 bridgehead atoms. The lowest BCUT2D eigenvalue weighted by Gasteiger charge is -2.04. The average molecular weight is 206 g/mol. The summed E-state index contributed by atoms with van der Waals surface area (Å²) < 4.78 is 0. The van der Waals surface area contributed by atoms with E-state index in [-0.39, 0.29) is 0 Å². The van der Waals surface area contributed by atoms with Crippen LogP contribution >= 0.6 is 0 Å². The van der Waals surface area contributed by atoms with Crippen LogP contribution in [0.4, 0.5) is 0 Å². The number of hydrogen-bond donors (Lipinski definition) is 3. The van der Waals surface area contributed by atoms with Crippen LogP contribution in [0.1, 0.15) is 5.56 Å². The number of hydrogen-bond acceptors (Lipinski definition) is 2. The van der Waals surface area contributed by atoms with Crippen LogP contribution in [0.25, 0.3) is 10.9 Å². The Morgan fingerprint density at radius 2 is 2.20 bits per heavy atom. The Labute approximate surface area is 86.7 Å². The van der Waals surface area contributed by atoms with Gasteiger partial charge < -0.3 is 15.8 Å². The summed E-state index contributed by atoms with van der Waals surface area (Å²) in [6.07, 6.45) is 2.16. The monoisotopic (exact) mass is 206 g/mol. The molecule has 2 aromatic rings. The van der Waals surface area contributed by atoms with Crippen molar-refractivity contribution in [2.24, 2.45) is 5.73 Å². The maximum atomic E-state index is 10.6. The number of benzene rings is 1. The second-order valence-corrected chi connectivity index (χ2v) is 3.51. The third kappa shape index (κ3) is 1.85. The molecule has 1 aromatic heterocycles. The second kappa shape index (κ2) is 3.74. The van der Waals surface area contributed by atoms with Crippen LogP contribution in [0.2, 0.25) is 0 Å². The molecule has 2 rings (SSSR count). The van der Waals surface area contributed by atoms with Crippen LogP contribution < -0.4 is 5.73 Å². The van der Waals surface area contributed by atoms with Crippen molar-refractivity contribution < 1.29 is 9.90 Å². The average Bonchev–Trinajstić information content (AvgIpc) is 2.62. The van der Waals surface area contributed by atoms with Crippen molar-refractivity contribution in [3.8, 4) is 0 Å². The van der Waals surface area contributed by atoms with Gasteiger partial charge in [0.05, 0.1) is 0 Å². The minimum atomic E-state index is -0.972. The first kappa shape index (κ1) is 9.73. The SMILES string of the molecule is [15NH2]C(Cc1c[15nH]c2ccccc12)C(=O)O. The standard InChI is InChI=1S/C11H12N2O2/c12-9(11(14)15)5-7-6-13-10-4-2-1-3-8(7)10/h1-4,6,9,13H,5,12H2,(H,14,15)/i12+1,13+1. The summed E-state index contributed by atoms with van der Waals surface area (Å²) >= 11 is 0. The smallest absolute Gasteiger partial charge is 0.320 e. The first-order chi connectivity index (χ1) is 7.18. The van der Waals surface area contributed by atoms with Crippen LogP contribution in [0.3, 0.4) is 0 Å². The van der Waals surface area contributed by atoms with Crippen molar-refractivity contribution in [2.45, 2.75) is 12.5 Å². The van der Waals surface area contributed by atoms with Crippen molar-refractivity contribution in [1.29, 1.82) is 0 Å². The topological polar surface area (TPSA) is 79.1 Å². The molecule has 0 aliphatic heterocycles. The van der Waals surface area contributed by atoms with Crippen molar-refractivity contribution >= 4 is 16.9 Å². The van der Waals surface area contributed by atoms with E-state index in [0.29, 0.717) is 6.42 Å². The summed E-state index contributed by atoms with van der Waals surface area (Å²) in [5.74, 6) is -0.972. The quantitative estimate of drug-likeness (QED) is 0.658. The molecule has 0 saturated carbocycles. The van der Waals surface area contributed by atoms with Crippen LogP contribution in [0.5, 0.6) is 0 Å². The summed E-state index contributed by atoms with van der Waals surface area (Å²) in [6.45, 7) is 0. The zero-order chi connectivity index (χ0) is 10.8. The molecule has 4 N–H and O–H groups in total. The molecular formula is C11H12N2O2. The summed E-state index contributed by atoms with van der Waals surface area (Å²) in [4.78, 5) is 13.7. The minimum Gasteiger partial charge on any atom is -0.480 e. The van der Waals surface area contributed by atoms with Gasteiger partial charge in [0.15, 0.2) is 0 Å². The molecule has 15 heavy (non-hydrogen) atoms. The molecule has 0 saturated heterocycles. The van der Waals surface area contributed by atoms with Crippen LogP contribution in [-0.2, 0) is 11.2 Å². The van der Waals surface area contributed by atoms with Gasteiger partial charge in [-0.2, -0.15) is 0 Å². The molecule has 0 aliphatic carbocycles. The lowest BCUT2D eigenvalue weighted by Crippen LogP contribution is -2.32. The molecule has 78 valence electrons. The van der Waals surface area contributed by atoms with Gasteiger partial charge in [-0.3, -0.25) is 4.79 Å². The number of aromatic nitrogens is 1. The van der Waals surface area contributed by atoms with E-state index in [4.69, 9.17) is 10.8 Å². The Balaban J connectivity index is 2.32. The van der Waals surface area contributed by atoms with E-state index in [2.05, 4.69) is 4.98 Å².